The van der Waals surface area contributed by atoms with Gasteiger partial charge in [-0.3, -0.25) is 9.79 Å². The molecule has 1 aliphatic rings. The number of hydrogen-bond acceptors (Lipinski definition) is 6. The summed E-state index contributed by atoms with van der Waals surface area (Å²) in [5, 5.41) is 8.85. The fourth-order valence-electron chi connectivity index (χ4n) is 3.30. The van der Waals surface area contributed by atoms with Crippen LogP contribution in [0, 0.1) is 25.1 Å². The summed E-state index contributed by atoms with van der Waals surface area (Å²) in [6.45, 7) is 4.27. The molecule has 32 heavy (non-hydrogen) atoms. The van der Waals surface area contributed by atoms with Crippen molar-refractivity contribution in [1.29, 1.82) is 5.41 Å². The molecule has 1 unspecified atom stereocenters. The molecule has 0 radical (unpaired) electrons. The van der Waals surface area contributed by atoms with Crippen LogP contribution in [0.4, 0.5) is 4.39 Å². The second-order valence-electron chi connectivity index (χ2n) is 7.14. The third-order valence-corrected chi connectivity index (χ3v) is 5.42. The fourth-order valence-corrected chi connectivity index (χ4v) is 3.39. The molecule has 1 aromatic carbocycles. The molecular formula is C21H23ClFN7O2. The Hall–Kier alpha value is -3.40. The molecule has 1 saturated heterocycles. The standard InChI is InChI=1S/C21H23ClFN7O2/c1-12-19(22)13(2)29-20(28-12)16-8-30(9-17(16)25)21(31)15-4-3-14(23)7-18(15)32-6-5-26-11-27-10-24/h3-4,7,10-11,16,25H,5-6,8-9H2,1-2H3,(H2,24,26,27). The largest absolute Gasteiger partial charge is 0.491 e. The molecule has 0 bridgehead atoms. The first-order chi connectivity index (χ1) is 15.3. The lowest BCUT2D eigenvalue weighted by molar-refractivity contribution is 0.0790. The van der Waals surface area contributed by atoms with Gasteiger partial charge in [-0.2, -0.15) is 0 Å². The fraction of sp³-hybridized carbons (Fsp3) is 0.333. The number of hydrogen-bond donors (Lipinski definition) is 2. The van der Waals surface area contributed by atoms with Gasteiger partial charge in [0.1, 0.15) is 30.3 Å². The highest BCUT2D eigenvalue weighted by Gasteiger charge is 2.35. The maximum Gasteiger partial charge on any atom is 0.257 e. The van der Waals surface area contributed by atoms with Crippen molar-refractivity contribution < 1.29 is 13.9 Å². The van der Waals surface area contributed by atoms with Crippen molar-refractivity contribution in [2.24, 2.45) is 15.7 Å². The Labute approximate surface area is 189 Å². The van der Waals surface area contributed by atoms with Gasteiger partial charge in [-0.15, -0.1) is 0 Å². The van der Waals surface area contributed by atoms with Gasteiger partial charge in [0, 0.05) is 18.3 Å². The summed E-state index contributed by atoms with van der Waals surface area (Å²) >= 11 is 6.15. The Morgan fingerprint density at radius 1 is 1.41 bits per heavy atom. The maximum absolute atomic E-state index is 13.8. The van der Waals surface area contributed by atoms with Crippen LogP contribution in [0.15, 0.2) is 28.2 Å². The van der Waals surface area contributed by atoms with E-state index < -0.39 is 11.7 Å². The number of aromatic nitrogens is 2. The molecular weight excluding hydrogens is 437 g/mol. The highest BCUT2D eigenvalue weighted by molar-refractivity contribution is 6.31. The first-order valence-electron chi connectivity index (χ1n) is 9.83. The second kappa shape index (κ2) is 10.3. The predicted molar refractivity (Wildman–Crippen MR) is 121 cm³/mol. The van der Waals surface area contributed by atoms with Crippen molar-refractivity contribution in [1.82, 2.24) is 14.9 Å². The van der Waals surface area contributed by atoms with Crippen LogP contribution in [0.25, 0.3) is 0 Å². The van der Waals surface area contributed by atoms with Crippen molar-refractivity contribution in [3.05, 3.63) is 51.8 Å². The third-order valence-electron chi connectivity index (χ3n) is 4.87. The van der Waals surface area contributed by atoms with E-state index in [-0.39, 0.29) is 43.5 Å². The van der Waals surface area contributed by atoms with E-state index in [1.807, 2.05) is 0 Å². The van der Waals surface area contributed by atoms with Gasteiger partial charge < -0.3 is 20.8 Å². The van der Waals surface area contributed by atoms with Crippen molar-refractivity contribution in [3.8, 4) is 5.75 Å². The van der Waals surface area contributed by atoms with Gasteiger partial charge in [-0.05, 0) is 26.0 Å². The van der Waals surface area contributed by atoms with Gasteiger partial charge in [0.05, 0.1) is 47.3 Å². The molecule has 11 heteroatoms. The Morgan fingerprint density at radius 3 is 2.81 bits per heavy atom. The van der Waals surface area contributed by atoms with Gasteiger partial charge >= 0.3 is 0 Å². The molecule has 1 fully saturated rings. The zero-order valence-electron chi connectivity index (χ0n) is 17.7. The topological polar surface area (TPSA) is 130 Å². The van der Waals surface area contributed by atoms with Gasteiger partial charge in [-0.1, -0.05) is 11.6 Å². The summed E-state index contributed by atoms with van der Waals surface area (Å²) in [5.41, 5.74) is 6.89. The van der Waals surface area contributed by atoms with E-state index in [2.05, 4.69) is 20.0 Å². The summed E-state index contributed by atoms with van der Waals surface area (Å²) in [7, 11) is 0. The Balaban J connectivity index is 1.76. The van der Waals surface area contributed by atoms with E-state index >= 15 is 0 Å². The molecule has 0 spiro atoms. The summed E-state index contributed by atoms with van der Waals surface area (Å²) in [6.07, 6.45) is 2.38. The molecule has 3 rings (SSSR count). The molecule has 0 aliphatic carbocycles. The monoisotopic (exact) mass is 459 g/mol. The van der Waals surface area contributed by atoms with Crippen LogP contribution in [0.1, 0.15) is 33.5 Å². The highest BCUT2D eigenvalue weighted by Crippen LogP contribution is 2.28. The summed E-state index contributed by atoms with van der Waals surface area (Å²) in [6, 6.07) is 3.73. The summed E-state index contributed by atoms with van der Waals surface area (Å²) < 4.78 is 19.4. The molecule has 1 aliphatic heterocycles. The van der Waals surface area contributed by atoms with E-state index in [0.717, 1.165) is 12.4 Å². The van der Waals surface area contributed by atoms with Gasteiger partial charge in [0.2, 0.25) is 0 Å². The number of amides is 1. The predicted octanol–water partition coefficient (Wildman–Crippen LogP) is 2.54. The van der Waals surface area contributed by atoms with Crippen LogP contribution >= 0.6 is 11.6 Å². The van der Waals surface area contributed by atoms with Gasteiger partial charge in [0.15, 0.2) is 0 Å². The van der Waals surface area contributed by atoms with Crippen molar-refractivity contribution in [2.45, 2.75) is 19.8 Å². The second-order valence-corrected chi connectivity index (χ2v) is 7.52. The number of nitrogens with one attached hydrogen (secondary N) is 1. The highest BCUT2D eigenvalue weighted by atomic mass is 35.5. The Bertz CT molecular complexity index is 1070. The number of aliphatic imine (C=N–C) groups is 2. The minimum atomic E-state index is -0.527. The lowest BCUT2D eigenvalue weighted by atomic mass is 10.1. The molecule has 0 saturated carbocycles. The normalized spacial score (nSPS) is 16.4. The molecule has 9 nitrogen and oxygen atoms in total. The van der Waals surface area contributed by atoms with E-state index in [4.69, 9.17) is 27.5 Å². The van der Waals surface area contributed by atoms with Crippen molar-refractivity contribution in [3.63, 3.8) is 0 Å². The van der Waals surface area contributed by atoms with E-state index in [9.17, 15) is 9.18 Å². The first kappa shape index (κ1) is 23.3. The third kappa shape index (κ3) is 5.25. The number of aryl methyl sites for hydroxylation is 2. The van der Waals surface area contributed by atoms with E-state index in [1.165, 1.54) is 23.4 Å². The minimum absolute atomic E-state index is 0.108. The SMILES string of the molecule is Cc1nc(C2CN(C(=O)c3ccc(F)cc3OCCN=CN=CN)CC2=N)nc(C)c1Cl. The van der Waals surface area contributed by atoms with Crippen LogP contribution in [-0.2, 0) is 0 Å². The quantitative estimate of drug-likeness (QED) is 0.373. The number of carbonyl (C=O) groups is 1. The molecule has 1 amide bonds. The molecule has 2 aromatic rings. The average molecular weight is 460 g/mol. The number of benzene rings is 1. The number of rotatable bonds is 7. The zero-order valence-corrected chi connectivity index (χ0v) is 18.4. The number of likely N-dealkylation sites (tertiary alicyclic amines) is 1. The number of nitrogens with zero attached hydrogens (tertiary/aromatic N) is 5. The van der Waals surface area contributed by atoms with Gasteiger partial charge in [-0.25, -0.2) is 19.4 Å². The van der Waals surface area contributed by atoms with Crippen LogP contribution in [0.2, 0.25) is 5.02 Å². The molecule has 168 valence electrons. The van der Waals surface area contributed by atoms with Crippen LogP contribution in [0.5, 0.6) is 5.75 Å². The molecule has 3 N–H and O–H groups in total. The minimum Gasteiger partial charge on any atom is -0.491 e. The lowest BCUT2D eigenvalue weighted by Crippen LogP contribution is -2.29. The maximum atomic E-state index is 13.8. The first-order valence-corrected chi connectivity index (χ1v) is 10.2. The zero-order chi connectivity index (χ0) is 23.3. The van der Waals surface area contributed by atoms with E-state index in [0.29, 0.717) is 27.9 Å². The van der Waals surface area contributed by atoms with Gasteiger partial charge in [0.25, 0.3) is 5.91 Å². The average Bonchev–Trinajstić information content (AvgIpc) is 3.15. The number of nitrogens with two attached hydrogens (primary N) is 1. The smallest absolute Gasteiger partial charge is 0.257 e. The molecule has 1 atom stereocenters. The van der Waals surface area contributed by atoms with Crippen LogP contribution in [-0.4, -0.2) is 65.4 Å². The van der Waals surface area contributed by atoms with Crippen LogP contribution in [0.3, 0.4) is 0 Å². The summed E-state index contributed by atoms with van der Waals surface area (Å²) in [5.74, 6) is -0.766. The summed E-state index contributed by atoms with van der Waals surface area (Å²) in [4.78, 5) is 31.1. The Kier molecular flexibility index (Phi) is 7.47. The van der Waals surface area contributed by atoms with Crippen LogP contribution < -0.4 is 10.5 Å². The molecule has 1 aromatic heterocycles. The van der Waals surface area contributed by atoms with Crippen molar-refractivity contribution in [2.75, 3.05) is 26.2 Å². The molecule has 2 heterocycles. The lowest BCUT2D eigenvalue weighted by Gasteiger charge is -2.18. The van der Waals surface area contributed by atoms with Crippen molar-refractivity contribution >= 4 is 35.9 Å². The Morgan fingerprint density at radius 2 is 2.12 bits per heavy atom. The van der Waals surface area contributed by atoms with E-state index in [1.54, 1.807) is 13.8 Å². The number of halogens is 2. The number of ether oxygens (including phenoxy) is 1. The number of carbonyl (C=O) groups excluding carboxylic acids is 1.